The van der Waals surface area contributed by atoms with Gasteiger partial charge in [-0.05, 0) is 55.6 Å². The molecule has 7 nitrogen and oxygen atoms in total. The fourth-order valence-electron chi connectivity index (χ4n) is 3.54. The summed E-state index contributed by atoms with van der Waals surface area (Å²) >= 11 is 0. The third kappa shape index (κ3) is 7.95. The van der Waals surface area contributed by atoms with Crippen LogP contribution in [0.25, 0.3) is 0 Å². The standard InChI is InChI=1S/C21H34N2O5S/c1-4-19(21(25)22-13-15(2)14-23-29(3,26)27)28-20-8-6-5-7-18(20)16-9-11-17(24)12-10-16/h5-8,15-17,19,23-24H,4,9-14H2,1-3H3,(H,22,25)/t15?,16-,17+,19?. The van der Waals surface area contributed by atoms with Gasteiger partial charge < -0.3 is 15.2 Å². The molecule has 1 aliphatic rings. The van der Waals surface area contributed by atoms with Gasteiger partial charge in [-0.3, -0.25) is 4.79 Å². The Kier molecular flexibility index (Phi) is 8.92. The number of ether oxygens (including phenoxy) is 1. The minimum atomic E-state index is -3.24. The summed E-state index contributed by atoms with van der Waals surface area (Å²) in [5.41, 5.74) is 1.09. The first kappa shape index (κ1) is 23.6. The van der Waals surface area contributed by atoms with Crippen molar-refractivity contribution in [1.29, 1.82) is 0 Å². The Balaban J connectivity index is 1.94. The van der Waals surface area contributed by atoms with E-state index in [1.807, 2.05) is 38.1 Å². The van der Waals surface area contributed by atoms with E-state index < -0.39 is 16.1 Å². The second-order valence-corrected chi connectivity index (χ2v) is 9.86. The van der Waals surface area contributed by atoms with E-state index in [1.165, 1.54) is 0 Å². The van der Waals surface area contributed by atoms with Gasteiger partial charge >= 0.3 is 0 Å². The van der Waals surface area contributed by atoms with Gasteiger partial charge in [-0.25, -0.2) is 13.1 Å². The van der Waals surface area contributed by atoms with Crippen molar-refractivity contribution in [3.63, 3.8) is 0 Å². The summed E-state index contributed by atoms with van der Waals surface area (Å²) in [7, 11) is -3.24. The predicted octanol–water partition coefficient (Wildman–Crippen LogP) is 2.16. The number of para-hydroxylation sites is 1. The van der Waals surface area contributed by atoms with E-state index in [4.69, 9.17) is 4.74 Å². The van der Waals surface area contributed by atoms with Crippen molar-refractivity contribution < 1.29 is 23.1 Å². The molecule has 1 aromatic rings. The predicted molar refractivity (Wildman–Crippen MR) is 113 cm³/mol. The van der Waals surface area contributed by atoms with Gasteiger partial charge in [0.05, 0.1) is 12.4 Å². The molecular weight excluding hydrogens is 392 g/mol. The zero-order chi connectivity index (χ0) is 21.4. The molecule has 0 aromatic heterocycles. The van der Waals surface area contributed by atoms with E-state index in [0.717, 1.165) is 43.3 Å². The van der Waals surface area contributed by atoms with Gasteiger partial charge in [-0.15, -0.1) is 0 Å². The molecule has 164 valence electrons. The number of nitrogens with one attached hydrogen (secondary N) is 2. The maximum atomic E-state index is 12.6. The zero-order valence-electron chi connectivity index (χ0n) is 17.6. The molecule has 0 saturated heterocycles. The SMILES string of the molecule is CCC(Oc1ccccc1[C@H]1CC[C@@H](O)CC1)C(=O)NCC(C)CNS(C)(=O)=O. The molecule has 0 bridgehead atoms. The second kappa shape index (κ2) is 10.9. The molecule has 1 fully saturated rings. The molecule has 2 rings (SSSR count). The number of amides is 1. The van der Waals surface area contributed by atoms with Crippen molar-refractivity contribution in [1.82, 2.24) is 10.0 Å². The number of rotatable bonds is 10. The van der Waals surface area contributed by atoms with Crippen LogP contribution in [-0.2, 0) is 14.8 Å². The summed E-state index contributed by atoms with van der Waals surface area (Å²) < 4.78 is 30.9. The van der Waals surface area contributed by atoms with Crippen LogP contribution in [0.2, 0.25) is 0 Å². The number of aliphatic hydroxyl groups excluding tert-OH is 1. The Bertz CT molecular complexity index is 760. The Morgan fingerprint density at radius 3 is 2.48 bits per heavy atom. The molecular formula is C21H34N2O5S. The van der Waals surface area contributed by atoms with Crippen LogP contribution in [0.5, 0.6) is 5.75 Å². The van der Waals surface area contributed by atoms with Crippen molar-refractivity contribution in [3.8, 4) is 5.75 Å². The number of hydrogen-bond acceptors (Lipinski definition) is 5. The van der Waals surface area contributed by atoms with E-state index in [1.54, 1.807) is 0 Å². The first-order valence-electron chi connectivity index (χ1n) is 10.4. The fraction of sp³-hybridized carbons (Fsp3) is 0.667. The lowest BCUT2D eigenvalue weighted by atomic mass is 9.82. The topological polar surface area (TPSA) is 105 Å². The molecule has 1 aliphatic carbocycles. The van der Waals surface area contributed by atoms with Crippen LogP contribution in [0.3, 0.4) is 0 Å². The van der Waals surface area contributed by atoms with Gasteiger partial charge in [0.1, 0.15) is 5.75 Å². The first-order chi connectivity index (χ1) is 13.7. The van der Waals surface area contributed by atoms with Gasteiger partial charge in [0.25, 0.3) is 5.91 Å². The molecule has 2 unspecified atom stereocenters. The third-order valence-corrected chi connectivity index (χ3v) is 6.00. The molecule has 0 heterocycles. The van der Waals surface area contributed by atoms with Crippen LogP contribution in [0.1, 0.15) is 57.4 Å². The normalized spacial score (nSPS) is 21.9. The maximum absolute atomic E-state index is 12.6. The van der Waals surface area contributed by atoms with E-state index in [-0.39, 0.29) is 24.5 Å². The molecule has 1 aromatic carbocycles. The highest BCUT2D eigenvalue weighted by Crippen LogP contribution is 2.37. The highest BCUT2D eigenvalue weighted by molar-refractivity contribution is 7.88. The van der Waals surface area contributed by atoms with Crippen molar-refractivity contribution in [2.75, 3.05) is 19.3 Å². The number of aliphatic hydroxyl groups is 1. The van der Waals surface area contributed by atoms with Crippen LogP contribution in [-0.4, -0.2) is 51.0 Å². The average molecular weight is 427 g/mol. The lowest BCUT2D eigenvalue weighted by Crippen LogP contribution is -2.41. The molecule has 0 aliphatic heterocycles. The highest BCUT2D eigenvalue weighted by Gasteiger charge is 2.25. The van der Waals surface area contributed by atoms with Crippen LogP contribution in [0.15, 0.2) is 24.3 Å². The molecule has 29 heavy (non-hydrogen) atoms. The fourth-order valence-corrected chi connectivity index (χ4v) is 4.13. The number of sulfonamides is 1. The molecule has 0 spiro atoms. The Hall–Kier alpha value is -1.64. The number of hydrogen-bond donors (Lipinski definition) is 3. The van der Waals surface area contributed by atoms with E-state index in [9.17, 15) is 18.3 Å². The van der Waals surface area contributed by atoms with E-state index in [0.29, 0.717) is 18.9 Å². The van der Waals surface area contributed by atoms with Crippen LogP contribution in [0.4, 0.5) is 0 Å². The number of benzene rings is 1. The minimum absolute atomic E-state index is 0.0351. The quantitative estimate of drug-likeness (QED) is 0.532. The molecule has 2 atom stereocenters. The van der Waals surface area contributed by atoms with Gasteiger partial charge in [0.15, 0.2) is 6.10 Å². The molecule has 8 heteroatoms. The van der Waals surface area contributed by atoms with Crippen molar-refractivity contribution in [2.24, 2.45) is 5.92 Å². The zero-order valence-corrected chi connectivity index (χ0v) is 18.4. The minimum Gasteiger partial charge on any atom is -0.480 e. The van der Waals surface area contributed by atoms with Crippen molar-refractivity contribution in [3.05, 3.63) is 29.8 Å². The lowest BCUT2D eigenvalue weighted by Gasteiger charge is -2.28. The monoisotopic (exact) mass is 426 g/mol. The summed E-state index contributed by atoms with van der Waals surface area (Å²) in [6.07, 6.45) is 4.22. The van der Waals surface area contributed by atoms with E-state index >= 15 is 0 Å². The Morgan fingerprint density at radius 1 is 1.21 bits per heavy atom. The van der Waals surface area contributed by atoms with Crippen molar-refractivity contribution in [2.45, 2.75) is 64.1 Å². The summed E-state index contributed by atoms with van der Waals surface area (Å²) in [6.45, 7) is 4.40. The summed E-state index contributed by atoms with van der Waals surface area (Å²) in [5.74, 6) is 0.819. The lowest BCUT2D eigenvalue weighted by molar-refractivity contribution is -0.128. The Labute approximate surface area is 174 Å². The second-order valence-electron chi connectivity index (χ2n) is 8.03. The largest absolute Gasteiger partial charge is 0.480 e. The number of carbonyl (C=O) groups excluding carboxylic acids is 1. The maximum Gasteiger partial charge on any atom is 0.261 e. The Morgan fingerprint density at radius 2 is 1.86 bits per heavy atom. The highest BCUT2D eigenvalue weighted by atomic mass is 32.2. The van der Waals surface area contributed by atoms with Crippen LogP contribution in [0, 0.1) is 5.92 Å². The molecule has 1 amide bonds. The summed E-state index contributed by atoms with van der Waals surface area (Å²) in [5, 5.41) is 12.6. The van der Waals surface area contributed by atoms with Crippen LogP contribution < -0.4 is 14.8 Å². The van der Waals surface area contributed by atoms with Crippen molar-refractivity contribution >= 4 is 15.9 Å². The number of carbonyl (C=O) groups is 1. The van der Waals surface area contributed by atoms with Gasteiger partial charge in [0, 0.05) is 13.1 Å². The third-order valence-electron chi connectivity index (χ3n) is 5.31. The van der Waals surface area contributed by atoms with Gasteiger partial charge in [0.2, 0.25) is 10.0 Å². The average Bonchev–Trinajstić information content (AvgIpc) is 2.69. The van der Waals surface area contributed by atoms with E-state index in [2.05, 4.69) is 10.0 Å². The summed E-state index contributed by atoms with van der Waals surface area (Å²) in [4.78, 5) is 12.6. The molecule has 1 saturated carbocycles. The smallest absolute Gasteiger partial charge is 0.261 e. The first-order valence-corrected chi connectivity index (χ1v) is 12.2. The van der Waals surface area contributed by atoms with Gasteiger partial charge in [-0.1, -0.05) is 32.0 Å². The summed E-state index contributed by atoms with van der Waals surface area (Å²) in [6, 6.07) is 7.82. The van der Waals surface area contributed by atoms with Crippen LogP contribution >= 0.6 is 0 Å². The molecule has 3 N–H and O–H groups in total. The van der Waals surface area contributed by atoms with Gasteiger partial charge in [-0.2, -0.15) is 0 Å². The molecule has 0 radical (unpaired) electrons.